The fraction of sp³-hybridized carbons (Fsp3) is 0.214. The second kappa shape index (κ2) is 9.62. The number of anilines is 1. The molecule has 0 atom stereocenters. The van der Waals surface area contributed by atoms with Crippen molar-refractivity contribution in [1.29, 1.82) is 0 Å². The third kappa shape index (κ3) is 4.28. The Morgan fingerprint density at radius 2 is 1.75 bits per heavy atom. The Morgan fingerprint density at radius 1 is 1.00 bits per heavy atom. The number of aryl methyl sites for hydroxylation is 2. The van der Waals surface area contributed by atoms with Gasteiger partial charge in [-0.05, 0) is 60.7 Å². The van der Waals surface area contributed by atoms with Gasteiger partial charge in [0.15, 0.2) is 5.16 Å². The lowest BCUT2D eigenvalue weighted by Gasteiger charge is -2.16. The van der Waals surface area contributed by atoms with Crippen molar-refractivity contribution in [2.24, 2.45) is 0 Å². The summed E-state index contributed by atoms with van der Waals surface area (Å²) in [5.41, 5.74) is 5.27. The molecule has 0 aliphatic carbocycles. The number of thioether (sulfide) groups is 1. The predicted molar refractivity (Wildman–Crippen MR) is 145 cm³/mol. The fourth-order valence-electron chi connectivity index (χ4n) is 4.36. The maximum atomic E-state index is 13.7. The summed E-state index contributed by atoms with van der Waals surface area (Å²) in [6.07, 6.45) is 0. The molecular formula is C28H27N5O2S. The number of rotatable bonds is 6. The van der Waals surface area contributed by atoms with E-state index in [2.05, 4.69) is 29.4 Å². The molecule has 2 heterocycles. The average Bonchev–Trinajstić information content (AvgIpc) is 3.29. The molecule has 1 N–H and O–H groups in total. The van der Waals surface area contributed by atoms with Gasteiger partial charge in [-0.15, -0.1) is 10.2 Å². The van der Waals surface area contributed by atoms with Crippen molar-refractivity contribution in [3.05, 3.63) is 93.8 Å². The van der Waals surface area contributed by atoms with Crippen molar-refractivity contribution < 1.29 is 4.79 Å². The van der Waals surface area contributed by atoms with Crippen LogP contribution in [0.15, 0.2) is 76.7 Å². The highest BCUT2D eigenvalue weighted by molar-refractivity contribution is 7.99. The first-order valence-corrected chi connectivity index (χ1v) is 12.8. The minimum Gasteiger partial charge on any atom is -0.325 e. The third-order valence-electron chi connectivity index (χ3n) is 6.19. The number of nitrogens with zero attached hydrogens (tertiary/aromatic N) is 4. The van der Waals surface area contributed by atoms with Gasteiger partial charge in [0, 0.05) is 5.69 Å². The number of carbonyl (C=O) groups excluding carboxylic acids is 1. The molecule has 5 rings (SSSR count). The van der Waals surface area contributed by atoms with Gasteiger partial charge in [0.25, 0.3) is 5.56 Å². The highest BCUT2D eigenvalue weighted by atomic mass is 32.2. The highest BCUT2D eigenvalue weighted by Gasteiger charge is 2.20. The number of amides is 1. The first kappa shape index (κ1) is 23.8. The first-order chi connectivity index (χ1) is 17.3. The molecule has 182 valence electrons. The molecule has 0 radical (unpaired) electrons. The summed E-state index contributed by atoms with van der Waals surface area (Å²) in [6, 6.07) is 21.3. The van der Waals surface area contributed by atoms with Crippen molar-refractivity contribution in [3.63, 3.8) is 0 Å². The van der Waals surface area contributed by atoms with Gasteiger partial charge in [-0.25, -0.2) is 4.57 Å². The molecule has 2 aromatic heterocycles. The molecule has 1 amide bonds. The summed E-state index contributed by atoms with van der Waals surface area (Å²) < 4.78 is 3.49. The number of para-hydroxylation sites is 2. The Kier molecular flexibility index (Phi) is 6.36. The Morgan fingerprint density at radius 3 is 2.56 bits per heavy atom. The molecule has 0 spiro atoms. The second-order valence-corrected chi connectivity index (χ2v) is 10.1. The summed E-state index contributed by atoms with van der Waals surface area (Å²) >= 11 is 1.29. The van der Waals surface area contributed by atoms with E-state index < -0.39 is 0 Å². The van der Waals surface area contributed by atoms with Crippen LogP contribution in [0.5, 0.6) is 0 Å². The molecule has 0 saturated heterocycles. The number of fused-ring (bicyclic) bond motifs is 3. The number of hydrogen-bond donors (Lipinski definition) is 1. The minimum absolute atomic E-state index is 0.131. The Balaban J connectivity index is 1.58. The molecule has 0 aliphatic rings. The zero-order valence-corrected chi connectivity index (χ0v) is 21.5. The van der Waals surface area contributed by atoms with E-state index in [-0.39, 0.29) is 23.1 Å². The average molecular weight is 498 g/mol. The molecule has 0 saturated carbocycles. The van der Waals surface area contributed by atoms with Crippen LogP contribution in [0.4, 0.5) is 5.69 Å². The van der Waals surface area contributed by atoms with Crippen LogP contribution in [-0.2, 0) is 4.79 Å². The summed E-state index contributed by atoms with van der Waals surface area (Å²) in [5, 5.41) is 12.9. The molecule has 0 fully saturated rings. The fourth-order valence-corrected chi connectivity index (χ4v) is 5.10. The molecule has 0 unspecified atom stereocenters. The molecule has 8 heteroatoms. The lowest BCUT2D eigenvalue weighted by atomic mass is 10.0. The Labute approximate surface area is 213 Å². The second-order valence-electron chi connectivity index (χ2n) is 9.14. The van der Waals surface area contributed by atoms with Crippen molar-refractivity contribution >= 4 is 40.0 Å². The van der Waals surface area contributed by atoms with Gasteiger partial charge in [-0.2, -0.15) is 0 Å². The van der Waals surface area contributed by atoms with Crippen molar-refractivity contribution in [3.8, 4) is 5.69 Å². The Bertz CT molecular complexity index is 1670. The largest absolute Gasteiger partial charge is 0.325 e. The van der Waals surface area contributed by atoms with Gasteiger partial charge in [-0.1, -0.05) is 68.1 Å². The lowest BCUT2D eigenvalue weighted by molar-refractivity contribution is -0.113. The van der Waals surface area contributed by atoms with Crippen LogP contribution in [0.1, 0.15) is 36.5 Å². The topological polar surface area (TPSA) is 81.3 Å². The van der Waals surface area contributed by atoms with Gasteiger partial charge >= 0.3 is 0 Å². The number of carbonyl (C=O) groups is 1. The first-order valence-electron chi connectivity index (χ1n) is 11.8. The summed E-state index contributed by atoms with van der Waals surface area (Å²) in [6.45, 7) is 8.16. The van der Waals surface area contributed by atoms with E-state index >= 15 is 0 Å². The van der Waals surface area contributed by atoms with Crippen molar-refractivity contribution in [2.45, 2.75) is 38.8 Å². The van der Waals surface area contributed by atoms with Crippen LogP contribution in [0, 0.1) is 13.8 Å². The molecule has 0 aliphatic heterocycles. The van der Waals surface area contributed by atoms with Crippen molar-refractivity contribution in [2.75, 3.05) is 11.1 Å². The SMILES string of the molecule is Cc1ccc(C)c(NC(=O)CSc2nnc3n(-c4ccccc4C(C)C)c(=O)c4ccccc4n23)c1. The van der Waals surface area contributed by atoms with Gasteiger partial charge in [0.1, 0.15) is 0 Å². The van der Waals surface area contributed by atoms with Gasteiger partial charge in [0.2, 0.25) is 11.7 Å². The smallest absolute Gasteiger partial charge is 0.267 e. The maximum Gasteiger partial charge on any atom is 0.267 e. The van der Waals surface area contributed by atoms with E-state index in [1.165, 1.54) is 11.8 Å². The van der Waals surface area contributed by atoms with Crippen LogP contribution in [-0.4, -0.2) is 30.8 Å². The molecule has 3 aromatic carbocycles. The third-order valence-corrected chi connectivity index (χ3v) is 7.12. The molecule has 7 nitrogen and oxygen atoms in total. The Hall–Kier alpha value is -3.91. The standard InChI is InChI=1S/C28H27N5O2S/c1-17(2)20-9-5-7-11-23(20)32-26(35)21-10-6-8-12-24(21)33-27(32)30-31-28(33)36-16-25(34)29-22-15-18(3)13-14-19(22)4/h5-15,17H,16H2,1-4H3,(H,29,34). The molecule has 5 aromatic rings. The van der Waals surface area contributed by atoms with Crippen LogP contribution in [0.25, 0.3) is 22.4 Å². The monoisotopic (exact) mass is 497 g/mol. The lowest BCUT2D eigenvalue weighted by Crippen LogP contribution is -2.23. The van der Waals surface area contributed by atoms with Crippen LogP contribution < -0.4 is 10.9 Å². The van der Waals surface area contributed by atoms with Crippen molar-refractivity contribution in [1.82, 2.24) is 19.2 Å². The minimum atomic E-state index is -0.150. The molecule has 0 bridgehead atoms. The van der Waals surface area contributed by atoms with Crippen LogP contribution >= 0.6 is 11.8 Å². The van der Waals surface area contributed by atoms with E-state index in [4.69, 9.17) is 0 Å². The zero-order chi connectivity index (χ0) is 25.4. The van der Waals surface area contributed by atoms with Gasteiger partial charge < -0.3 is 5.32 Å². The zero-order valence-electron chi connectivity index (χ0n) is 20.6. The molecule has 36 heavy (non-hydrogen) atoms. The van der Waals surface area contributed by atoms with E-state index in [9.17, 15) is 9.59 Å². The van der Waals surface area contributed by atoms with Gasteiger partial charge in [0.05, 0.1) is 22.3 Å². The summed E-state index contributed by atoms with van der Waals surface area (Å²) in [7, 11) is 0. The summed E-state index contributed by atoms with van der Waals surface area (Å²) in [5.74, 6) is 0.659. The van der Waals surface area contributed by atoms with E-state index in [1.807, 2.05) is 85.0 Å². The number of hydrogen-bond acceptors (Lipinski definition) is 5. The van der Waals surface area contributed by atoms with E-state index in [0.29, 0.717) is 21.8 Å². The van der Waals surface area contributed by atoms with E-state index in [0.717, 1.165) is 28.1 Å². The van der Waals surface area contributed by atoms with Crippen LogP contribution in [0.2, 0.25) is 0 Å². The van der Waals surface area contributed by atoms with Crippen LogP contribution in [0.3, 0.4) is 0 Å². The van der Waals surface area contributed by atoms with E-state index in [1.54, 1.807) is 4.57 Å². The summed E-state index contributed by atoms with van der Waals surface area (Å²) in [4.78, 5) is 26.5. The number of benzene rings is 3. The predicted octanol–water partition coefficient (Wildman–Crippen LogP) is 5.50. The highest BCUT2D eigenvalue weighted by Crippen LogP contribution is 2.27. The number of nitrogens with one attached hydrogen (secondary N) is 1. The maximum absolute atomic E-state index is 13.7. The normalized spacial score (nSPS) is 11.5. The number of aromatic nitrogens is 4. The van der Waals surface area contributed by atoms with Gasteiger partial charge in [-0.3, -0.25) is 14.0 Å². The molecular weight excluding hydrogens is 470 g/mol. The quantitative estimate of drug-likeness (QED) is 0.313.